The summed E-state index contributed by atoms with van der Waals surface area (Å²) in [6.07, 6.45) is 0. The van der Waals surface area contributed by atoms with E-state index in [9.17, 15) is 4.79 Å². The summed E-state index contributed by atoms with van der Waals surface area (Å²) in [6, 6.07) is 13.8. The fourth-order valence-corrected chi connectivity index (χ4v) is 2.92. The number of benzene rings is 2. The number of nitrogens with zero attached hydrogens (tertiary/aromatic N) is 2. The number of morpholine rings is 1. The minimum atomic E-state index is -0.433. The van der Waals surface area contributed by atoms with E-state index in [4.69, 9.17) is 21.6 Å². The van der Waals surface area contributed by atoms with Crippen LogP contribution < -0.4 is 15.5 Å². The second-order valence-electron chi connectivity index (χ2n) is 5.50. The van der Waals surface area contributed by atoms with Gasteiger partial charge in [0.05, 0.1) is 35.2 Å². The number of nitrogens with one attached hydrogen (secondary N) is 2. The summed E-state index contributed by atoms with van der Waals surface area (Å²) in [7, 11) is 0. The molecule has 1 aliphatic rings. The summed E-state index contributed by atoms with van der Waals surface area (Å²) in [5.74, 6) is 0. The fourth-order valence-electron chi connectivity index (χ4n) is 2.62. The van der Waals surface area contributed by atoms with Gasteiger partial charge in [0.15, 0.2) is 0 Å². The molecule has 0 atom stereocenters. The lowest BCUT2D eigenvalue weighted by atomic mass is 10.2. The molecule has 2 N–H and O–H groups in total. The molecule has 0 bridgehead atoms. The third-order valence-electron chi connectivity index (χ3n) is 3.85. The Morgan fingerprint density at radius 1 is 1.16 bits per heavy atom. The maximum atomic E-state index is 12.1. The topological polar surface area (TPSA) is 77.4 Å². The number of ether oxygens (including phenoxy) is 1. The van der Waals surface area contributed by atoms with Crippen LogP contribution in [-0.4, -0.2) is 32.3 Å². The van der Waals surface area contributed by atoms with Crippen LogP contribution in [-0.2, 0) is 4.74 Å². The highest BCUT2D eigenvalue weighted by Gasteiger charge is 2.15. The highest BCUT2D eigenvalue weighted by molar-refractivity contribution is 6.33. The van der Waals surface area contributed by atoms with Crippen molar-refractivity contribution in [2.75, 3.05) is 41.8 Å². The summed E-state index contributed by atoms with van der Waals surface area (Å²) < 4.78 is 5.34. The first-order chi connectivity index (χ1) is 12.2. The average molecular weight is 357 g/mol. The molecule has 0 aliphatic carbocycles. The Balaban J connectivity index is 1.67. The van der Waals surface area contributed by atoms with Crippen LogP contribution in [0.2, 0.25) is 5.02 Å². The Labute approximate surface area is 151 Å². The number of halogens is 1. The van der Waals surface area contributed by atoms with Crippen molar-refractivity contribution >= 4 is 34.7 Å². The zero-order valence-electron chi connectivity index (χ0n) is 13.5. The Hall–Kier alpha value is -2.75. The molecule has 7 heteroatoms. The van der Waals surface area contributed by atoms with Gasteiger partial charge < -0.3 is 20.3 Å². The second kappa shape index (κ2) is 7.88. The quantitative estimate of drug-likeness (QED) is 0.879. The Bertz CT molecular complexity index is 813. The van der Waals surface area contributed by atoms with E-state index in [0.717, 1.165) is 18.8 Å². The molecule has 2 aromatic carbocycles. The normalized spacial score (nSPS) is 13.8. The molecule has 1 saturated heterocycles. The van der Waals surface area contributed by atoms with Gasteiger partial charge in [0.1, 0.15) is 6.07 Å². The molecule has 2 amide bonds. The molecular formula is C18H17ClN4O2. The largest absolute Gasteiger partial charge is 0.378 e. The molecule has 0 saturated carbocycles. The highest BCUT2D eigenvalue weighted by atomic mass is 35.5. The number of carbonyl (C=O) groups is 1. The predicted octanol–water partition coefficient (Wildman–Crippen LogP) is 3.69. The number of nitriles is 1. The van der Waals surface area contributed by atoms with Gasteiger partial charge in [-0.2, -0.15) is 5.26 Å². The molecule has 2 aromatic rings. The molecule has 1 aliphatic heterocycles. The summed E-state index contributed by atoms with van der Waals surface area (Å²) in [4.78, 5) is 14.3. The van der Waals surface area contributed by atoms with Gasteiger partial charge in [0.2, 0.25) is 0 Å². The van der Waals surface area contributed by atoms with Crippen LogP contribution in [0.1, 0.15) is 5.56 Å². The number of amides is 2. The molecule has 0 radical (unpaired) electrons. The van der Waals surface area contributed by atoms with E-state index in [1.807, 2.05) is 12.1 Å². The van der Waals surface area contributed by atoms with Gasteiger partial charge in [-0.1, -0.05) is 23.7 Å². The maximum Gasteiger partial charge on any atom is 0.323 e. The summed E-state index contributed by atoms with van der Waals surface area (Å²) in [5.41, 5.74) is 2.36. The zero-order valence-corrected chi connectivity index (χ0v) is 14.2. The first-order valence-corrected chi connectivity index (χ1v) is 8.24. The van der Waals surface area contributed by atoms with E-state index in [0.29, 0.717) is 35.2 Å². The minimum Gasteiger partial charge on any atom is -0.378 e. The third kappa shape index (κ3) is 4.21. The SMILES string of the molecule is N#Cc1ccccc1NC(=O)Nc1ccc(N2CCOCC2)c(Cl)c1. The van der Waals surface area contributed by atoms with Crippen LogP contribution in [0.5, 0.6) is 0 Å². The molecule has 128 valence electrons. The van der Waals surface area contributed by atoms with Crippen molar-refractivity contribution in [1.29, 1.82) is 5.26 Å². The Morgan fingerprint density at radius 2 is 1.92 bits per heavy atom. The van der Waals surface area contributed by atoms with Crippen LogP contribution in [0.4, 0.5) is 21.9 Å². The first kappa shape index (κ1) is 17.1. The highest BCUT2D eigenvalue weighted by Crippen LogP contribution is 2.29. The number of carbonyl (C=O) groups excluding carboxylic acids is 1. The molecular weight excluding hydrogens is 340 g/mol. The van der Waals surface area contributed by atoms with E-state index in [1.54, 1.807) is 36.4 Å². The Morgan fingerprint density at radius 3 is 2.64 bits per heavy atom. The van der Waals surface area contributed by atoms with Crippen molar-refractivity contribution in [1.82, 2.24) is 0 Å². The number of urea groups is 1. The van der Waals surface area contributed by atoms with Crippen molar-refractivity contribution < 1.29 is 9.53 Å². The van der Waals surface area contributed by atoms with Crippen molar-refractivity contribution in [3.8, 4) is 6.07 Å². The first-order valence-electron chi connectivity index (χ1n) is 7.87. The van der Waals surface area contributed by atoms with E-state index in [1.165, 1.54) is 0 Å². The number of rotatable bonds is 3. The molecule has 6 nitrogen and oxygen atoms in total. The summed E-state index contributed by atoms with van der Waals surface area (Å²) >= 11 is 6.36. The lowest BCUT2D eigenvalue weighted by Crippen LogP contribution is -2.36. The van der Waals surface area contributed by atoms with Gasteiger partial charge in [-0.15, -0.1) is 0 Å². The third-order valence-corrected chi connectivity index (χ3v) is 4.16. The van der Waals surface area contributed by atoms with E-state index in [-0.39, 0.29) is 0 Å². The number of hydrogen-bond donors (Lipinski definition) is 2. The number of anilines is 3. The smallest absolute Gasteiger partial charge is 0.323 e. The predicted molar refractivity (Wildman–Crippen MR) is 98.3 cm³/mol. The number of para-hydroxylation sites is 1. The molecule has 0 aromatic heterocycles. The Kier molecular flexibility index (Phi) is 5.39. The average Bonchev–Trinajstić information content (AvgIpc) is 2.63. The van der Waals surface area contributed by atoms with Crippen LogP contribution >= 0.6 is 11.6 Å². The molecule has 0 unspecified atom stereocenters. The maximum absolute atomic E-state index is 12.1. The summed E-state index contributed by atoms with van der Waals surface area (Å²) in [6.45, 7) is 2.93. The van der Waals surface area contributed by atoms with Gasteiger partial charge in [-0.3, -0.25) is 0 Å². The molecule has 0 spiro atoms. The van der Waals surface area contributed by atoms with E-state index in [2.05, 4.69) is 15.5 Å². The van der Waals surface area contributed by atoms with Crippen LogP contribution in [0.25, 0.3) is 0 Å². The molecule has 3 rings (SSSR count). The van der Waals surface area contributed by atoms with E-state index >= 15 is 0 Å². The van der Waals surface area contributed by atoms with Crippen molar-refractivity contribution in [2.24, 2.45) is 0 Å². The number of hydrogen-bond acceptors (Lipinski definition) is 4. The fraction of sp³-hybridized carbons (Fsp3) is 0.222. The van der Waals surface area contributed by atoms with Gasteiger partial charge >= 0.3 is 6.03 Å². The van der Waals surface area contributed by atoms with Gasteiger partial charge in [-0.05, 0) is 30.3 Å². The van der Waals surface area contributed by atoms with Gasteiger partial charge in [0.25, 0.3) is 0 Å². The monoisotopic (exact) mass is 356 g/mol. The van der Waals surface area contributed by atoms with E-state index < -0.39 is 6.03 Å². The van der Waals surface area contributed by atoms with Crippen molar-refractivity contribution in [3.63, 3.8) is 0 Å². The van der Waals surface area contributed by atoms with Crippen LogP contribution in [0.15, 0.2) is 42.5 Å². The zero-order chi connectivity index (χ0) is 17.6. The second-order valence-corrected chi connectivity index (χ2v) is 5.91. The lowest BCUT2D eigenvalue weighted by molar-refractivity contribution is 0.122. The van der Waals surface area contributed by atoms with Gasteiger partial charge in [-0.25, -0.2) is 4.79 Å². The molecule has 1 heterocycles. The lowest BCUT2D eigenvalue weighted by Gasteiger charge is -2.29. The van der Waals surface area contributed by atoms with Crippen LogP contribution in [0.3, 0.4) is 0 Å². The molecule has 1 fully saturated rings. The standard InChI is InChI=1S/C18H17ClN4O2/c19-15-11-14(5-6-17(15)23-7-9-25-10-8-23)21-18(24)22-16-4-2-1-3-13(16)12-20/h1-6,11H,7-10H2,(H2,21,22,24). The minimum absolute atomic E-state index is 0.401. The van der Waals surface area contributed by atoms with Crippen molar-refractivity contribution in [2.45, 2.75) is 0 Å². The van der Waals surface area contributed by atoms with Crippen molar-refractivity contribution in [3.05, 3.63) is 53.1 Å². The molecule has 25 heavy (non-hydrogen) atoms. The van der Waals surface area contributed by atoms with Gasteiger partial charge in [0, 0.05) is 18.8 Å². The summed E-state index contributed by atoms with van der Waals surface area (Å²) in [5, 5.41) is 15.0. The van der Waals surface area contributed by atoms with Crippen LogP contribution in [0, 0.1) is 11.3 Å².